The minimum atomic E-state index is -3.92. The molecule has 0 saturated carbocycles. The summed E-state index contributed by atoms with van der Waals surface area (Å²) in [5.41, 5.74) is 1.26. The molecule has 8 nitrogen and oxygen atoms in total. The molecular formula is C21H27FN4O4S. The van der Waals surface area contributed by atoms with Gasteiger partial charge < -0.3 is 15.0 Å². The van der Waals surface area contributed by atoms with Crippen LogP contribution < -0.4 is 14.9 Å². The van der Waals surface area contributed by atoms with E-state index in [0.717, 1.165) is 25.2 Å². The largest absolute Gasteiger partial charge is 0.379 e. The number of sulfonamides is 1. The van der Waals surface area contributed by atoms with Gasteiger partial charge in [-0.15, -0.1) is 0 Å². The molecule has 0 unspecified atom stereocenters. The molecule has 1 amide bonds. The Kier molecular flexibility index (Phi) is 7.47. The van der Waals surface area contributed by atoms with Gasteiger partial charge in [0.15, 0.2) is 0 Å². The highest BCUT2D eigenvalue weighted by Gasteiger charge is 2.18. The van der Waals surface area contributed by atoms with Crippen molar-refractivity contribution in [3.8, 4) is 0 Å². The van der Waals surface area contributed by atoms with Crippen LogP contribution in [-0.4, -0.2) is 72.7 Å². The summed E-state index contributed by atoms with van der Waals surface area (Å²) in [6.45, 7) is 4.23. The third-order valence-electron chi connectivity index (χ3n) is 4.92. The van der Waals surface area contributed by atoms with E-state index in [9.17, 15) is 17.6 Å². The van der Waals surface area contributed by atoms with Crippen molar-refractivity contribution < 1.29 is 22.3 Å². The van der Waals surface area contributed by atoms with Crippen molar-refractivity contribution in [2.45, 2.75) is 4.90 Å². The van der Waals surface area contributed by atoms with Crippen molar-refractivity contribution in [3.63, 3.8) is 0 Å². The fourth-order valence-corrected chi connectivity index (χ4v) is 4.30. The minimum absolute atomic E-state index is 0.0675. The van der Waals surface area contributed by atoms with Crippen LogP contribution in [0.15, 0.2) is 47.4 Å². The number of amides is 1. The predicted molar refractivity (Wildman–Crippen MR) is 118 cm³/mol. The highest BCUT2D eigenvalue weighted by molar-refractivity contribution is 7.92. The quantitative estimate of drug-likeness (QED) is 0.637. The maximum absolute atomic E-state index is 13.1. The number of nitrogens with one attached hydrogen (secondary N) is 2. The molecule has 1 fully saturated rings. The molecule has 3 rings (SSSR count). The molecule has 31 heavy (non-hydrogen) atoms. The summed E-state index contributed by atoms with van der Waals surface area (Å²) in [6.07, 6.45) is 0. The van der Waals surface area contributed by atoms with E-state index in [-0.39, 0.29) is 16.5 Å². The first-order valence-corrected chi connectivity index (χ1v) is 11.4. The lowest BCUT2D eigenvalue weighted by molar-refractivity contribution is 0.0383. The Hall–Kier alpha value is -2.69. The predicted octanol–water partition coefficient (Wildman–Crippen LogP) is 1.75. The van der Waals surface area contributed by atoms with Crippen LogP contribution in [0.4, 0.5) is 15.8 Å². The van der Waals surface area contributed by atoms with Crippen molar-refractivity contribution in [3.05, 3.63) is 53.8 Å². The van der Waals surface area contributed by atoms with Crippen LogP contribution in [0.2, 0.25) is 0 Å². The normalized spacial score (nSPS) is 14.8. The number of morpholine rings is 1. The van der Waals surface area contributed by atoms with Gasteiger partial charge in [0.05, 0.1) is 23.7 Å². The van der Waals surface area contributed by atoms with Gasteiger partial charge in [0.25, 0.3) is 15.9 Å². The molecule has 0 aromatic heterocycles. The summed E-state index contributed by atoms with van der Waals surface area (Å²) in [6, 6.07) is 9.30. The second-order valence-electron chi connectivity index (χ2n) is 7.40. The minimum Gasteiger partial charge on any atom is -0.379 e. The average molecular weight is 451 g/mol. The lowest BCUT2D eigenvalue weighted by Crippen LogP contribution is -2.41. The molecule has 1 aliphatic heterocycles. The molecule has 2 aromatic carbocycles. The standard InChI is InChI=1S/C21H27FN4O4S/c1-25(2)20-8-5-17(24-31(28,29)18-6-3-16(22)4-7-18)15-19(20)21(27)23-9-10-26-11-13-30-14-12-26/h3-8,15,24H,9-14H2,1-2H3,(H,23,27). The molecule has 0 spiro atoms. The smallest absolute Gasteiger partial charge is 0.261 e. The molecule has 0 aliphatic carbocycles. The Labute approximate surface area is 182 Å². The summed E-state index contributed by atoms with van der Waals surface area (Å²) in [5.74, 6) is -0.815. The first-order valence-electron chi connectivity index (χ1n) is 9.94. The van der Waals surface area contributed by atoms with E-state index in [4.69, 9.17) is 4.74 Å². The zero-order valence-electron chi connectivity index (χ0n) is 17.6. The van der Waals surface area contributed by atoms with Crippen molar-refractivity contribution >= 4 is 27.3 Å². The third-order valence-corrected chi connectivity index (χ3v) is 6.31. The highest BCUT2D eigenvalue weighted by Crippen LogP contribution is 2.25. The molecule has 1 heterocycles. The molecule has 2 aromatic rings. The van der Waals surface area contributed by atoms with Gasteiger partial charge in [-0.3, -0.25) is 14.4 Å². The van der Waals surface area contributed by atoms with Gasteiger partial charge in [0.2, 0.25) is 0 Å². The SMILES string of the molecule is CN(C)c1ccc(NS(=O)(=O)c2ccc(F)cc2)cc1C(=O)NCCN1CCOCC1. The summed E-state index contributed by atoms with van der Waals surface area (Å²) in [5, 5.41) is 2.90. The summed E-state index contributed by atoms with van der Waals surface area (Å²) in [4.78, 5) is 16.8. The van der Waals surface area contributed by atoms with Gasteiger partial charge >= 0.3 is 0 Å². The number of nitrogens with zero attached hydrogens (tertiary/aromatic N) is 2. The van der Waals surface area contributed by atoms with Gasteiger partial charge in [0.1, 0.15) is 5.82 Å². The first-order chi connectivity index (χ1) is 14.8. The average Bonchev–Trinajstić information content (AvgIpc) is 2.74. The Morgan fingerprint density at radius 3 is 2.45 bits per heavy atom. The topological polar surface area (TPSA) is 91.0 Å². The van der Waals surface area contributed by atoms with Crippen LogP contribution >= 0.6 is 0 Å². The summed E-state index contributed by atoms with van der Waals surface area (Å²) < 4.78 is 46.1. The molecule has 2 N–H and O–H groups in total. The molecule has 1 saturated heterocycles. The van der Waals surface area contributed by atoms with Crippen molar-refractivity contribution in [2.75, 3.05) is 63.1 Å². The number of halogens is 1. The number of ether oxygens (including phenoxy) is 1. The molecule has 10 heteroatoms. The van der Waals surface area contributed by atoms with E-state index < -0.39 is 15.8 Å². The fraction of sp³-hybridized carbons (Fsp3) is 0.381. The first kappa shape index (κ1) is 23.0. The lowest BCUT2D eigenvalue weighted by Gasteiger charge is -2.26. The Balaban J connectivity index is 1.73. The van der Waals surface area contributed by atoms with E-state index in [1.165, 1.54) is 18.2 Å². The summed E-state index contributed by atoms with van der Waals surface area (Å²) >= 11 is 0. The highest BCUT2D eigenvalue weighted by atomic mass is 32.2. The van der Waals surface area contributed by atoms with Crippen molar-refractivity contribution in [1.82, 2.24) is 10.2 Å². The van der Waals surface area contributed by atoms with E-state index in [0.29, 0.717) is 37.6 Å². The van der Waals surface area contributed by atoms with E-state index in [1.807, 2.05) is 14.1 Å². The van der Waals surface area contributed by atoms with Gasteiger partial charge in [-0.05, 0) is 42.5 Å². The molecule has 0 radical (unpaired) electrons. The molecular weight excluding hydrogens is 423 g/mol. The van der Waals surface area contributed by atoms with Crippen LogP contribution in [0.5, 0.6) is 0 Å². The van der Waals surface area contributed by atoms with Crippen LogP contribution in [0.3, 0.4) is 0 Å². The van der Waals surface area contributed by atoms with E-state index >= 15 is 0 Å². The number of hydrogen-bond donors (Lipinski definition) is 2. The van der Waals surface area contributed by atoms with Gasteiger partial charge in [0, 0.05) is 51.6 Å². The third kappa shape index (κ3) is 6.16. The number of carbonyl (C=O) groups excluding carboxylic acids is 1. The number of carbonyl (C=O) groups is 1. The van der Waals surface area contributed by atoms with Gasteiger partial charge in [-0.25, -0.2) is 12.8 Å². The number of hydrogen-bond acceptors (Lipinski definition) is 6. The van der Waals surface area contributed by atoms with Crippen LogP contribution in [0, 0.1) is 5.82 Å². The van der Waals surface area contributed by atoms with Crippen LogP contribution in [0.1, 0.15) is 10.4 Å². The Morgan fingerprint density at radius 2 is 1.81 bits per heavy atom. The van der Waals surface area contributed by atoms with E-state index in [1.54, 1.807) is 17.0 Å². The zero-order valence-corrected chi connectivity index (χ0v) is 18.4. The molecule has 0 bridgehead atoms. The number of anilines is 2. The molecule has 0 atom stereocenters. The second kappa shape index (κ2) is 10.1. The lowest BCUT2D eigenvalue weighted by atomic mass is 10.1. The van der Waals surface area contributed by atoms with Crippen LogP contribution in [-0.2, 0) is 14.8 Å². The Bertz CT molecular complexity index is 1010. The monoisotopic (exact) mass is 450 g/mol. The fourth-order valence-electron chi connectivity index (χ4n) is 3.25. The zero-order chi connectivity index (χ0) is 22.4. The van der Waals surface area contributed by atoms with Crippen molar-refractivity contribution in [2.24, 2.45) is 0 Å². The maximum atomic E-state index is 13.1. The van der Waals surface area contributed by atoms with E-state index in [2.05, 4.69) is 14.9 Å². The molecule has 1 aliphatic rings. The second-order valence-corrected chi connectivity index (χ2v) is 9.08. The van der Waals surface area contributed by atoms with Gasteiger partial charge in [-0.1, -0.05) is 0 Å². The maximum Gasteiger partial charge on any atom is 0.261 e. The molecule has 168 valence electrons. The number of benzene rings is 2. The summed E-state index contributed by atoms with van der Waals surface area (Å²) in [7, 11) is -0.302. The number of rotatable bonds is 8. The Morgan fingerprint density at radius 1 is 1.13 bits per heavy atom. The van der Waals surface area contributed by atoms with Gasteiger partial charge in [-0.2, -0.15) is 0 Å². The van der Waals surface area contributed by atoms with Crippen molar-refractivity contribution in [1.29, 1.82) is 0 Å². The van der Waals surface area contributed by atoms with Crippen LogP contribution in [0.25, 0.3) is 0 Å².